The van der Waals surface area contributed by atoms with Gasteiger partial charge in [-0.1, -0.05) is 34.6 Å². The lowest BCUT2D eigenvalue weighted by Crippen LogP contribution is -2.59. The second-order valence-electron chi connectivity index (χ2n) is 16.3. The van der Waals surface area contributed by atoms with Gasteiger partial charge in [-0.25, -0.2) is 0 Å². The SMILES string of the molecule is CC(=O)O[C@@H](C1C[C@@H](C)C2C(O1)[C@H](O)[C@@]1(C)[C@@H]3CC[C@H]4C(C)(C)[C@@H](O)CC[C@@]45CC35CC[C@]21C)C(C)(C)O. The smallest absolute Gasteiger partial charge is 0.303 e. The Morgan fingerprint density at radius 2 is 1.63 bits per heavy atom. The Hall–Kier alpha value is -0.690. The Kier molecular flexibility index (Phi) is 5.77. The van der Waals surface area contributed by atoms with Crippen LogP contribution in [0.15, 0.2) is 0 Å². The van der Waals surface area contributed by atoms with E-state index in [2.05, 4.69) is 34.6 Å². The number of hydrogen-bond acceptors (Lipinski definition) is 6. The van der Waals surface area contributed by atoms with Gasteiger partial charge in [0.25, 0.3) is 0 Å². The minimum Gasteiger partial charge on any atom is -0.457 e. The first-order valence-electron chi connectivity index (χ1n) is 15.4. The molecule has 3 N–H and O–H groups in total. The molecule has 1 aliphatic heterocycles. The zero-order valence-electron chi connectivity index (χ0n) is 24.9. The molecule has 2 spiro atoms. The number of esters is 1. The molecule has 6 aliphatic rings. The van der Waals surface area contributed by atoms with Gasteiger partial charge in [-0.05, 0) is 111 Å². The molecule has 13 atom stereocenters. The number of aliphatic hydroxyl groups excluding tert-OH is 2. The normalized spacial score (nSPS) is 55.4. The molecule has 0 aromatic heterocycles. The van der Waals surface area contributed by atoms with Crippen molar-refractivity contribution in [2.24, 2.45) is 50.7 Å². The molecule has 6 fully saturated rings. The molecule has 0 radical (unpaired) electrons. The van der Waals surface area contributed by atoms with Gasteiger partial charge in [0.15, 0.2) is 6.10 Å². The van der Waals surface area contributed by atoms with E-state index in [0.717, 1.165) is 32.1 Å². The van der Waals surface area contributed by atoms with Crippen molar-refractivity contribution in [3.63, 3.8) is 0 Å². The van der Waals surface area contributed by atoms with Crippen LogP contribution in [0.4, 0.5) is 0 Å². The van der Waals surface area contributed by atoms with Gasteiger partial charge in [-0.2, -0.15) is 0 Å². The average molecular weight is 533 g/mol. The molecule has 6 heteroatoms. The van der Waals surface area contributed by atoms with Crippen LogP contribution in [-0.4, -0.2) is 57.4 Å². The van der Waals surface area contributed by atoms with Gasteiger partial charge >= 0.3 is 5.97 Å². The lowest BCUT2D eigenvalue weighted by atomic mass is 9.41. The lowest BCUT2D eigenvalue weighted by molar-refractivity contribution is -0.216. The molecule has 216 valence electrons. The van der Waals surface area contributed by atoms with Crippen LogP contribution >= 0.6 is 0 Å². The predicted octanol–water partition coefficient (Wildman–Crippen LogP) is 4.86. The highest BCUT2D eigenvalue weighted by molar-refractivity contribution is 5.66. The molecule has 0 bridgehead atoms. The third kappa shape index (κ3) is 3.13. The Morgan fingerprint density at radius 3 is 2.26 bits per heavy atom. The van der Waals surface area contributed by atoms with Crippen molar-refractivity contribution in [3.8, 4) is 0 Å². The fraction of sp³-hybridized carbons (Fsp3) is 0.969. The molecule has 0 aromatic rings. The minimum absolute atomic E-state index is 0.0383. The summed E-state index contributed by atoms with van der Waals surface area (Å²) in [6, 6.07) is 0. The molecule has 6 rings (SSSR count). The molecule has 6 nitrogen and oxygen atoms in total. The topological polar surface area (TPSA) is 96.2 Å². The standard InChI is InChI=1S/C32H52O6/c1-17-15-19(26(28(5,6)36)37-18(2)33)38-24-23(17)29(7)13-14-32-16-31(32)12-11-22(34)27(3,4)20(31)9-10-21(32)30(29,8)25(24)35/h17,19-26,34-36H,9-16H2,1-8H3/t17-,19?,20+,21+,22+,23?,24?,25+,26+,29-,30-,31-,32?/m1/s1. The van der Waals surface area contributed by atoms with Gasteiger partial charge in [0, 0.05) is 12.3 Å². The number of fused-ring (bicyclic) bond motifs is 4. The van der Waals surface area contributed by atoms with Crippen molar-refractivity contribution in [2.75, 3.05) is 0 Å². The summed E-state index contributed by atoms with van der Waals surface area (Å²) in [5, 5.41) is 34.2. The fourth-order valence-electron chi connectivity index (χ4n) is 12.4. The van der Waals surface area contributed by atoms with Gasteiger partial charge < -0.3 is 24.8 Å². The first-order chi connectivity index (χ1) is 17.5. The number of hydrogen-bond donors (Lipinski definition) is 3. The van der Waals surface area contributed by atoms with Gasteiger partial charge in [0.1, 0.15) is 0 Å². The van der Waals surface area contributed by atoms with E-state index in [1.807, 2.05) is 0 Å². The maximum absolute atomic E-state index is 12.3. The summed E-state index contributed by atoms with van der Waals surface area (Å²) < 4.78 is 12.4. The summed E-state index contributed by atoms with van der Waals surface area (Å²) in [4.78, 5) is 11.9. The van der Waals surface area contributed by atoms with E-state index in [0.29, 0.717) is 23.7 Å². The maximum Gasteiger partial charge on any atom is 0.303 e. The van der Waals surface area contributed by atoms with Crippen LogP contribution < -0.4 is 0 Å². The van der Waals surface area contributed by atoms with Crippen LogP contribution in [0.2, 0.25) is 0 Å². The Balaban J connectivity index is 1.35. The molecule has 4 unspecified atom stereocenters. The summed E-state index contributed by atoms with van der Waals surface area (Å²) in [5.41, 5.74) is -1.01. The Labute approximate surface area is 229 Å². The zero-order valence-corrected chi connectivity index (χ0v) is 24.9. The highest BCUT2D eigenvalue weighted by atomic mass is 16.6. The highest BCUT2D eigenvalue weighted by Crippen LogP contribution is 2.89. The predicted molar refractivity (Wildman–Crippen MR) is 144 cm³/mol. The average Bonchev–Trinajstić information content (AvgIpc) is 3.44. The maximum atomic E-state index is 12.3. The number of aliphatic hydroxyl groups is 3. The van der Waals surface area contributed by atoms with E-state index in [1.165, 1.54) is 19.8 Å². The molecular weight excluding hydrogens is 480 g/mol. The largest absolute Gasteiger partial charge is 0.457 e. The second-order valence-corrected chi connectivity index (χ2v) is 16.3. The van der Waals surface area contributed by atoms with E-state index in [4.69, 9.17) is 9.47 Å². The van der Waals surface area contributed by atoms with Crippen LogP contribution in [0.5, 0.6) is 0 Å². The number of carbonyl (C=O) groups excluding carboxylic acids is 1. The third-order valence-corrected chi connectivity index (χ3v) is 14.1. The van der Waals surface area contributed by atoms with Crippen LogP contribution in [0.25, 0.3) is 0 Å². The summed E-state index contributed by atoms with van der Waals surface area (Å²) >= 11 is 0. The number of rotatable bonds is 3. The molecule has 1 saturated heterocycles. The van der Waals surface area contributed by atoms with E-state index >= 15 is 0 Å². The molecule has 0 amide bonds. The monoisotopic (exact) mass is 532 g/mol. The Bertz CT molecular complexity index is 1000. The molecule has 1 heterocycles. The van der Waals surface area contributed by atoms with Crippen molar-refractivity contribution in [1.82, 2.24) is 0 Å². The van der Waals surface area contributed by atoms with E-state index < -0.39 is 29.9 Å². The van der Waals surface area contributed by atoms with Gasteiger partial charge in [-0.15, -0.1) is 0 Å². The molecular formula is C32H52O6. The van der Waals surface area contributed by atoms with Crippen LogP contribution in [0.3, 0.4) is 0 Å². The Morgan fingerprint density at radius 1 is 1.00 bits per heavy atom. The first kappa shape index (κ1) is 27.5. The minimum atomic E-state index is -1.24. The summed E-state index contributed by atoms with van der Waals surface area (Å²) in [5.74, 6) is 1.09. The molecule has 38 heavy (non-hydrogen) atoms. The quantitative estimate of drug-likeness (QED) is 0.449. The first-order valence-corrected chi connectivity index (χ1v) is 15.4. The van der Waals surface area contributed by atoms with Gasteiger partial charge in [0.05, 0.1) is 30.0 Å². The van der Waals surface area contributed by atoms with Crippen molar-refractivity contribution in [3.05, 3.63) is 0 Å². The van der Waals surface area contributed by atoms with Crippen LogP contribution in [0.1, 0.15) is 107 Å². The third-order valence-electron chi connectivity index (χ3n) is 14.1. The van der Waals surface area contributed by atoms with Crippen molar-refractivity contribution >= 4 is 5.97 Å². The molecule has 5 aliphatic carbocycles. The van der Waals surface area contributed by atoms with Crippen molar-refractivity contribution < 1.29 is 29.6 Å². The van der Waals surface area contributed by atoms with E-state index in [1.54, 1.807) is 13.8 Å². The zero-order chi connectivity index (χ0) is 27.8. The summed E-state index contributed by atoms with van der Waals surface area (Å²) in [6.07, 6.45) is 6.19. The van der Waals surface area contributed by atoms with Gasteiger partial charge in [-0.3, -0.25) is 4.79 Å². The molecule has 5 saturated carbocycles. The number of ether oxygens (including phenoxy) is 2. The van der Waals surface area contributed by atoms with Crippen LogP contribution in [-0.2, 0) is 14.3 Å². The highest BCUT2D eigenvalue weighted by Gasteiger charge is 2.84. The van der Waals surface area contributed by atoms with Crippen molar-refractivity contribution in [2.45, 2.75) is 143 Å². The van der Waals surface area contributed by atoms with E-state index in [-0.39, 0.29) is 45.7 Å². The van der Waals surface area contributed by atoms with Crippen molar-refractivity contribution in [1.29, 1.82) is 0 Å². The number of carbonyl (C=O) groups is 1. The van der Waals surface area contributed by atoms with Crippen LogP contribution in [0, 0.1) is 50.7 Å². The lowest BCUT2D eigenvalue weighted by Gasteiger charge is -2.63. The summed E-state index contributed by atoms with van der Waals surface area (Å²) in [6.45, 7) is 16.4. The molecule has 0 aromatic carbocycles. The van der Waals surface area contributed by atoms with Gasteiger partial charge in [0.2, 0.25) is 0 Å². The second kappa shape index (κ2) is 7.98. The summed E-state index contributed by atoms with van der Waals surface area (Å²) in [7, 11) is 0. The fourth-order valence-corrected chi connectivity index (χ4v) is 12.4. The van der Waals surface area contributed by atoms with E-state index in [9.17, 15) is 20.1 Å².